The fourth-order valence-corrected chi connectivity index (χ4v) is 4.14. The van der Waals surface area contributed by atoms with Gasteiger partial charge in [0.15, 0.2) is 0 Å². The van der Waals surface area contributed by atoms with Gasteiger partial charge in [-0.2, -0.15) is 0 Å². The monoisotopic (exact) mass is 356 g/mol. The molecule has 0 fully saturated rings. The third-order valence-corrected chi connectivity index (χ3v) is 5.48. The molecule has 0 aliphatic heterocycles. The van der Waals surface area contributed by atoms with Crippen LogP contribution in [0.3, 0.4) is 0 Å². The molecule has 1 aliphatic carbocycles. The Kier molecular flexibility index (Phi) is 4.65. The molecule has 2 atom stereocenters. The van der Waals surface area contributed by atoms with Crippen LogP contribution in [0.2, 0.25) is 0 Å². The molecular weight excluding hydrogens is 336 g/mol. The van der Waals surface area contributed by atoms with E-state index < -0.39 is 6.10 Å². The van der Waals surface area contributed by atoms with Crippen LogP contribution in [0.15, 0.2) is 46.8 Å². The van der Waals surface area contributed by atoms with Crippen LogP contribution >= 0.6 is 11.3 Å². The molecule has 0 bridgehead atoms. The molecule has 2 unspecified atom stereocenters. The van der Waals surface area contributed by atoms with Crippen LogP contribution in [0.5, 0.6) is 0 Å². The lowest BCUT2D eigenvalue weighted by Gasteiger charge is -2.26. The maximum Gasteiger partial charge on any atom is 0.262 e. The summed E-state index contributed by atoms with van der Waals surface area (Å²) in [5, 5.41) is 12.8. The Balaban J connectivity index is 1.42. The number of thiophene rings is 1. The molecule has 1 N–H and O–H groups in total. The first-order valence-corrected chi connectivity index (χ1v) is 9.40. The van der Waals surface area contributed by atoms with E-state index in [0.717, 1.165) is 24.1 Å². The average Bonchev–Trinajstić information content (AvgIpc) is 3.12. The summed E-state index contributed by atoms with van der Waals surface area (Å²) in [6.45, 7) is 0.388. The highest BCUT2D eigenvalue weighted by Crippen LogP contribution is 2.32. The Labute approximate surface area is 149 Å². The van der Waals surface area contributed by atoms with Crippen molar-refractivity contribution in [3.63, 3.8) is 0 Å². The average molecular weight is 356 g/mol. The van der Waals surface area contributed by atoms with Crippen molar-refractivity contribution >= 4 is 21.6 Å². The first-order chi connectivity index (χ1) is 12.2. The van der Waals surface area contributed by atoms with Crippen molar-refractivity contribution in [1.29, 1.82) is 0 Å². The largest absolute Gasteiger partial charge is 0.389 e. The fourth-order valence-electron chi connectivity index (χ4n) is 3.41. The van der Waals surface area contributed by atoms with Crippen LogP contribution in [-0.4, -0.2) is 27.4 Å². The van der Waals surface area contributed by atoms with Crippen molar-refractivity contribution < 1.29 is 9.84 Å². The second-order valence-electron chi connectivity index (χ2n) is 6.41. The molecule has 2 heterocycles. The number of rotatable bonds is 5. The molecule has 1 aliphatic rings. The molecule has 3 aromatic rings. The molecule has 2 aromatic heterocycles. The molecule has 6 heteroatoms. The summed E-state index contributed by atoms with van der Waals surface area (Å²) in [4.78, 5) is 17.4. The summed E-state index contributed by atoms with van der Waals surface area (Å²) in [7, 11) is 0. The molecule has 130 valence electrons. The van der Waals surface area contributed by atoms with E-state index in [1.165, 1.54) is 33.4 Å². The number of aryl methyl sites for hydroxylation is 1. The van der Waals surface area contributed by atoms with Gasteiger partial charge in [0.25, 0.3) is 5.56 Å². The summed E-state index contributed by atoms with van der Waals surface area (Å²) in [6, 6.07) is 10.1. The van der Waals surface area contributed by atoms with Crippen LogP contribution in [0.4, 0.5) is 0 Å². The minimum atomic E-state index is -0.746. The number of ether oxygens (including phenoxy) is 1. The van der Waals surface area contributed by atoms with Gasteiger partial charge >= 0.3 is 0 Å². The second-order valence-corrected chi connectivity index (χ2v) is 7.30. The zero-order valence-electron chi connectivity index (χ0n) is 13.8. The van der Waals surface area contributed by atoms with E-state index in [4.69, 9.17) is 4.74 Å². The van der Waals surface area contributed by atoms with Crippen LogP contribution in [-0.2, 0) is 17.7 Å². The summed E-state index contributed by atoms with van der Waals surface area (Å²) >= 11 is 1.44. The van der Waals surface area contributed by atoms with E-state index in [0.29, 0.717) is 5.39 Å². The van der Waals surface area contributed by atoms with Crippen molar-refractivity contribution in [2.45, 2.75) is 38.0 Å². The van der Waals surface area contributed by atoms with Gasteiger partial charge in [0.05, 0.1) is 37.1 Å². The Morgan fingerprint density at radius 2 is 2.24 bits per heavy atom. The van der Waals surface area contributed by atoms with Crippen molar-refractivity contribution in [1.82, 2.24) is 9.55 Å². The maximum atomic E-state index is 12.4. The van der Waals surface area contributed by atoms with Gasteiger partial charge in [-0.25, -0.2) is 4.98 Å². The second kappa shape index (κ2) is 7.07. The first kappa shape index (κ1) is 16.4. The smallest absolute Gasteiger partial charge is 0.262 e. The van der Waals surface area contributed by atoms with Gasteiger partial charge in [0.2, 0.25) is 0 Å². The zero-order chi connectivity index (χ0) is 17.2. The number of aliphatic hydroxyl groups excluding tert-OH is 1. The number of hydrogen-bond acceptors (Lipinski definition) is 5. The van der Waals surface area contributed by atoms with E-state index in [1.807, 2.05) is 11.4 Å². The van der Waals surface area contributed by atoms with Gasteiger partial charge in [0, 0.05) is 0 Å². The number of nitrogens with zero attached hydrogens (tertiary/aromatic N) is 2. The van der Waals surface area contributed by atoms with E-state index in [9.17, 15) is 9.90 Å². The van der Waals surface area contributed by atoms with E-state index >= 15 is 0 Å². The topological polar surface area (TPSA) is 64.4 Å². The van der Waals surface area contributed by atoms with Gasteiger partial charge in [-0.05, 0) is 41.8 Å². The van der Waals surface area contributed by atoms with E-state index in [1.54, 1.807) is 6.07 Å². The molecular formula is C19H20N2O3S. The summed E-state index contributed by atoms with van der Waals surface area (Å²) < 4.78 is 7.43. The maximum absolute atomic E-state index is 12.4. The molecule has 0 spiro atoms. The van der Waals surface area contributed by atoms with E-state index in [2.05, 4.69) is 23.2 Å². The Hall–Kier alpha value is -2.02. The lowest BCUT2D eigenvalue weighted by Crippen LogP contribution is -2.30. The number of aromatic nitrogens is 2. The first-order valence-electron chi connectivity index (χ1n) is 8.52. The SMILES string of the molecule is O=c1c2ccsc2ncn1CC(O)COC1CCCc2ccccc21. The highest BCUT2D eigenvalue weighted by atomic mass is 32.1. The third-order valence-electron chi connectivity index (χ3n) is 4.66. The quantitative estimate of drug-likeness (QED) is 0.763. The Morgan fingerprint density at radius 3 is 3.16 bits per heavy atom. The summed E-state index contributed by atoms with van der Waals surface area (Å²) in [5.41, 5.74) is 2.43. The minimum absolute atomic E-state index is 0.0220. The molecule has 0 saturated carbocycles. The standard InChI is InChI=1S/C19H20N2O3S/c22-14(10-21-12-20-18-16(19(21)23)8-9-25-18)11-24-17-7-3-5-13-4-1-2-6-15(13)17/h1-2,4,6,8-9,12,14,17,22H,3,5,7,10-11H2. The molecule has 25 heavy (non-hydrogen) atoms. The number of fused-ring (bicyclic) bond motifs is 2. The predicted molar refractivity (Wildman–Crippen MR) is 98.0 cm³/mol. The highest BCUT2D eigenvalue weighted by molar-refractivity contribution is 7.16. The minimum Gasteiger partial charge on any atom is -0.389 e. The van der Waals surface area contributed by atoms with Crippen LogP contribution in [0, 0.1) is 0 Å². The Bertz CT molecular complexity index is 934. The van der Waals surface area contributed by atoms with Gasteiger partial charge in [0.1, 0.15) is 4.83 Å². The van der Waals surface area contributed by atoms with Gasteiger partial charge < -0.3 is 9.84 Å². The molecule has 5 nitrogen and oxygen atoms in total. The molecule has 4 rings (SSSR count). The van der Waals surface area contributed by atoms with Crippen LogP contribution in [0.25, 0.3) is 10.2 Å². The van der Waals surface area contributed by atoms with Gasteiger partial charge in [-0.15, -0.1) is 11.3 Å². The van der Waals surface area contributed by atoms with Gasteiger partial charge in [-0.1, -0.05) is 24.3 Å². The molecule has 1 aromatic carbocycles. The summed E-state index contributed by atoms with van der Waals surface area (Å²) in [6.07, 6.45) is 3.92. The lowest BCUT2D eigenvalue weighted by molar-refractivity contribution is -0.0228. The molecule has 0 saturated heterocycles. The number of hydrogen-bond donors (Lipinski definition) is 1. The van der Waals surface area contributed by atoms with E-state index in [-0.39, 0.29) is 24.8 Å². The molecule has 0 amide bonds. The van der Waals surface area contributed by atoms with Crippen LogP contribution < -0.4 is 5.56 Å². The van der Waals surface area contributed by atoms with Crippen molar-refractivity contribution in [3.8, 4) is 0 Å². The summed E-state index contributed by atoms with van der Waals surface area (Å²) in [5.74, 6) is 0. The highest BCUT2D eigenvalue weighted by Gasteiger charge is 2.21. The Morgan fingerprint density at radius 1 is 1.36 bits per heavy atom. The molecule has 0 radical (unpaired) electrons. The fraction of sp³-hybridized carbons (Fsp3) is 0.368. The van der Waals surface area contributed by atoms with Crippen molar-refractivity contribution in [3.05, 3.63) is 63.5 Å². The zero-order valence-corrected chi connectivity index (χ0v) is 14.6. The predicted octanol–water partition coefficient (Wildman–Crippen LogP) is 2.91. The third kappa shape index (κ3) is 3.38. The van der Waals surface area contributed by atoms with Crippen molar-refractivity contribution in [2.75, 3.05) is 6.61 Å². The number of aliphatic hydroxyl groups is 1. The number of benzene rings is 1. The lowest BCUT2D eigenvalue weighted by atomic mass is 9.89. The van der Waals surface area contributed by atoms with Crippen LogP contribution in [0.1, 0.15) is 30.1 Å². The van der Waals surface area contributed by atoms with Gasteiger partial charge in [-0.3, -0.25) is 9.36 Å². The normalized spacial score (nSPS) is 18.2. The van der Waals surface area contributed by atoms with Crippen molar-refractivity contribution in [2.24, 2.45) is 0 Å².